The smallest absolute Gasteiger partial charge is 0.0543 e. The average Bonchev–Trinajstić information content (AvgIpc) is 3.46. The molecule has 0 N–H and O–H groups in total. The van der Waals surface area contributed by atoms with Crippen molar-refractivity contribution in [3.05, 3.63) is 198 Å². The van der Waals surface area contributed by atoms with Crippen molar-refractivity contribution in [2.45, 2.75) is 44.9 Å². The molecular weight excluding hydrogens is 651 g/mol. The lowest BCUT2D eigenvalue weighted by molar-refractivity contribution is 0.660. The maximum atomic E-state index is 2.51. The van der Waals surface area contributed by atoms with Crippen LogP contribution < -0.4 is 4.90 Å². The Bertz CT molecular complexity index is 2660. The molecule has 8 aromatic rings. The van der Waals surface area contributed by atoms with Gasteiger partial charge in [-0.3, -0.25) is 0 Å². The summed E-state index contributed by atoms with van der Waals surface area (Å²) in [6, 6.07) is 65.7. The highest BCUT2D eigenvalue weighted by molar-refractivity contribution is 5.95. The Balaban J connectivity index is 1.18. The number of benzene rings is 8. The normalized spacial score (nSPS) is 14.0. The van der Waals surface area contributed by atoms with Gasteiger partial charge in [-0.05, 0) is 140 Å². The summed E-state index contributed by atoms with van der Waals surface area (Å²) in [5.41, 5.74) is 19.3. The topological polar surface area (TPSA) is 3.24 Å². The van der Waals surface area contributed by atoms with Crippen molar-refractivity contribution < 1.29 is 0 Å². The summed E-state index contributed by atoms with van der Waals surface area (Å²) in [5, 5.41) is 2.52. The second-order valence-corrected chi connectivity index (χ2v) is 15.6. The Morgan fingerprint density at radius 3 is 1.74 bits per heavy atom. The number of hydrogen-bond donors (Lipinski definition) is 0. The van der Waals surface area contributed by atoms with Gasteiger partial charge in [0.2, 0.25) is 0 Å². The van der Waals surface area contributed by atoms with E-state index in [0.717, 1.165) is 17.8 Å². The Hall–Kier alpha value is -6.18. The number of nitrogens with zero attached hydrogens (tertiary/aromatic N) is 1. The zero-order valence-electron chi connectivity index (χ0n) is 31.0. The van der Waals surface area contributed by atoms with Crippen LogP contribution in [0.1, 0.15) is 48.9 Å². The molecule has 2 aliphatic rings. The number of fused-ring (bicyclic) bond motifs is 5. The fourth-order valence-electron chi connectivity index (χ4n) is 9.09. The molecule has 54 heavy (non-hydrogen) atoms. The predicted octanol–water partition coefficient (Wildman–Crippen LogP) is 14.5. The molecule has 10 rings (SSSR count). The van der Waals surface area contributed by atoms with Crippen LogP contribution in [0.3, 0.4) is 0 Å². The SMILES string of the molecule is CC1(C)c2ccccc2-c2cc(-c3ccc4c(c3)CCCC4)c(N(c3ccc(-c4ccccc4)cc3)c3ccc(-c4ccc5ccccc5c4)cc3)cc21. The summed E-state index contributed by atoms with van der Waals surface area (Å²) >= 11 is 0. The Morgan fingerprint density at radius 1 is 0.389 bits per heavy atom. The van der Waals surface area contributed by atoms with Crippen molar-refractivity contribution in [2.24, 2.45) is 0 Å². The van der Waals surface area contributed by atoms with Gasteiger partial charge in [-0.2, -0.15) is 0 Å². The van der Waals surface area contributed by atoms with Gasteiger partial charge >= 0.3 is 0 Å². The van der Waals surface area contributed by atoms with Crippen LogP contribution in [0.15, 0.2) is 176 Å². The van der Waals surface area contributed by atoms with Crippen molar-refractivity contribution in [3.63, 3.8) is 0 Å². The molecule has 0 fully saturated rings. The van der Waals surface area contributed by atoms with Gasteiger partial charge in [-0.1, -0.05) is 147 Å². The summed E-state index contributed by atoms with van der Waals surface area (Å²) < 4.78 is 0. The van der Waals surface area contributed by atoms with Crippen LogP contribution >= 0.6 is 0 Å². The number of aryl methyl sites for hydroxylation is 2. The molecule has 0 saturated heterocycles. The van der Waals surface area contributed by atoms with Gasteiger partial charge in [0.15, 0.2) is 0 Å². The minimum atomic E-state index is -0.127. The van der Waals surface area contributed by atoms with Gasteiger partial charge in [-0.25, -0.2) is 0 Å². The maximum absolute atomic E-state index is 2.51. The predicted molar refractivity (Wildman–Crippen MR) is 229 cm³/mol. The molecule has 0 bridgehead atoms. The van der Waals surface area contributed by atoms with E-state index in [4.69, 9.17) is 0 Å². The zero-order valence-corrected chi connectivity index (χ0v) is 31.0. The van der Waals surface area contributed by atoms with Crippen molar-refractivity contribution in [1.82, 2.24) is 0 Å². The monoisotopic (exact) mass is 693 g/mol. The summed E-state index contributed by atoms with van der Waals surface area (Å²) in [6.07, 6.45) is 4.88. The molecule has 0 amide bonds. The third kappa shape index (κ3) is 5.55. The lowest BCUT2D eigenvalue weighted by atomic mass is 9.81. The minimum Gasteiger partial charge on any atom is -0.310 e. The number of rotatable bonds is 6. The van der Waals surface area contributed by atoms with Crippen LogP contribution in [-0.2, 0) is 18.3 Å². The Kier molecular flexibility index (Phi) is 7.84. The van der Waals surface area contributed by atoms with E-state index >= 15 is 0 Å². The highest BCUT2D eigenvalue weighted by Crippen LogP contribution is 2.53. The van der Waals surface area contributed by atoms with Crippen LogP contribution in [0.4, 0.5) is 17.1 Å². The van der Waals surface area contributed by atoms with Gasteiger partial charge in [0.1, 0.15) is 0 Å². The van der Waals surface area contributed by atoms with Crippen LogP contribution in [0.25, 0.3) is 55.3 Å². The molecule has 1 nitrogen and oxygen atoms in total. The first-order valence-corrected chi connectivity index (χ1v) is 19.5. The van der Waals surface area contributed by atoms with E-state index < -0.39 is 0 Å². The lowest BCUT2D eigenvalue weighted by Gasteiger charge is -2.31. The average molecular weight is 694 g/mol. The molecule has 0 heterocycles. The molecule has 0 aromatic heterocycles. The molecule has 0 spiro atoms. The van der Waals surface area contributed by atoms with E-state index in [-0.39, 0.29) is 5.41 Å². The third-order valence-electron chi connectivity index (χ3n) is 12.0. The molecule has 0 saturated carbocycles. The molecule has 0 radical (unpaired) electrons. The van der Waals surface area contributed by atoms with E-state index in [1.165, 1.54) is 102 Å². The first-order valence-electron chi connectivity index (χ1n) is 19.5. The molecule has 0 aliphatic heterocycles. The molecule has 0 unspecified atom stereocenters. The fraction of sp³-hybridized carbons (Fsp3) is 0.132. The summed E-state index contributed by atoms with van der Waals surface area (Å²) in [4.78, 5) is 2.49. The Morgan fingerprint density at radius 2 is 0.981 bits per heavy atom. The molecule has 0 atom stereocenters. The summed E-state index contributed by atoms with van der Waals surface area (Å²) in [6.45, 7) is 4.77. The lowest BCUT2D eigenvalue weighted by Crippen LogP contribution is -2.17. The molecule has 8 aromatic carbocycles. The highest BCUT2D eigenvalue weighted by atomic mass is 15.1. The van der Waals surface area contributed by atoms with Gasteiger partial charge in [0.25, 0.3) is 0 Å². The second kappa shape index (κ2) is 13.0. The van der Waals surface area contributed by atoms with Gasteiger partial charge < -0.3 is 4.90 Å². The number of hydrogen-bond acceptors (Lipinski definition) is 1. The van der Waals surface area contributed by atoms with Crippen molar-refractivity contribution >= 4 is 27.8 Å². The third-order valence-corrected chi connectivity index (χ3v) is 12.0. The standard InChI is InChI=1S/C53H43N/c1-53(2)50-19-11-10-18-47(50)49-34-48(44-23-21-38-15-7-9-17-42(38)33-44)52(35-51(49)53)54(45-28-24-39(25-29-45)36-12-4-3-5-13-36)46-30-26-40(27-31-46)43-22-20-37-14-6-8-16-41(37)32-43/h3-6,8,10-14,16,18-35H,7,9,15,17H2,1-2H3. The molecule has 2 aliphatic carbocycles. The van der Waals surface area contributed by atoms with Crippen molar-refractivity contribution in [3.8, 4) is 44.5 Å². The minimum absolute atomic E-state index is 0.127. The highest BCUT2D eigenvalue weighted by Gasteiger charge is 2.37. The zero-order chi connectivity index (χ0) is 36.2. The quantitative estimate of drug-likeness (QED) is 0.168. The molecule has 260 valence electrons. The van der Waals surface area contributed by atoms with Crippen LogP contribution in [-0.4, -0.2) is 0 Å². The second-order valence-electron chi connectivity index (χ2n) is 15.6. The van der Waals surface area contributed by atoms with E-state index in [9.17, 15) is 0 Å². The first-order chi connectivity index (χ1) is 26.5. The number of anilines is 3. The molecular formula is C53H43N. The Labute approximate surface area is 319 Å². The van der Waals surface area contributed by atoms with Gasteiger partial charge in [0.05, 0.1) is 5.69 Å². The van der Waals surface area contributed by atoms with E-state index in [1.54, 1.807) is 0 Å². The molecule has 1 heteroatoms. The van der Waals surface area contributed by atoms with Crippen LogP contribution in [0.5, 0.6) is 0 Å². The van der Waals surface area contributed by atoms with Crippen molar-refractivity contribution in [1.29, 1.82) is 0 Å². The maximum Gasteiger partial charge on any atom is 0.0543 e. The van der Waals surface area contributed by atoms with E-state index in [0.29, 0.717) is 0 Å². The van der Waals surface area contributed by atoms with Crippen molar-refractivity contribution in [2.75, 3.05) is 4.90 Å². The summed E-state index contributed by atoms with van der Waals surface area (Å²) in [7, 11) is 0. The first kappa shape index (κ1) is 32.5. The van der Waals surface area contributed by atoms with Gasteiger partial charge in [0, 0.05) is 22.4 Å². The van der Waals surface area contributed by atoms with Gasteiger partial charge in [-0.15, -0.1) is 0 Å². The van der Waals surface area contributed by atoms with E-state index in [1.807, 2.05) is 0 Å². The van der Waals surface area contributed by atoms with Crippen LogP contribution in [0, 0.1) is 0 Å². The summed E-state index contributed by atoms with van der Waals surface area (Å²) in [5.74, 6) is 0. The largest absolute Gasteiger partial charge is 0.310 e. The van der Waals surface area contributed by atoms with E-state index in [2.05, 4.69) is 195 Å². The fourth-order valence-corrected chi connectivity index (χ4v) is 9.09. The van der Waals surface area contributed by atoms with Crippen LogP contribution in [0.2, 0.25) is 0 Å².